The van der Waals surface area contributed by atoms with Gasteiger partial charge in [0.05, 0.1) is 12.2 Å². The quantitative estimate of drug-likeness (QED) is 0.758. The van der Waals surface area contributed by atoms with Crippen molar-refractivity contribution in [3.05, 3.63) is 52.1 Å². The SMILES string of the molecule is CC(=O)N1CC(C(=O)Nc2cccc(I)c2)Oc2ccccc21. The molecule has 2 aromatic carbocycles. The summed E-state index contributed by atoms with van der Waals surface area (Å²) in [4.78, 5) is 25.9. The number of fused-ring (bicyclic) bond motifs is 1. The van der Waals surface area contributed by atoms with Crippen molar-refractivity contribution in [2.24, 2.45) is 0 Å². The van der Waals surface area contributed by atoms with E-state index < -0.39 is 6.10 Å². The van der Waals surface area contributed by atoms with Crippen LogP contribution in [-0.4, -0.2) is 24.5 Å². The van der Waals surface area contributed by atoms with Gasteiger partial charge < -0.3 is 15.0 Å². The summed E-state index contributed by atoms with van der Waals surface area (Å²) in [5.41, 5.74) is 1.40. The lowest BCUT2D eigenvalue weighted by molar-refractivity contribution is -0.123. The Morgan fingerprint density at radius 2 is 2.00 bits per heavy atom. The number of amides is 2. The summed E-state index contributed by atoms with van der Waals surface area (Å²) >= 11 is 2.18. The zero-order chi connectivity index (χ0) is 16.4. The average Bonchev–Trinajstić information content (AvgIpc) is 2.53. The molecule has 1 atom stereocenters. The first-order chi connectivity index (χ1) is 11.0. The van der Waals surface area contributed by atoms with Gasteiger partial charge in [0, 0.05) is 16.2 Å². The average molecular weight is 422 g/mol. The van der Waals surface area contributed by atoms with Crippen LogP contribution in [0.4, 0.5) is 11.4 Å². The number of para-hydroxylation sites is 2. The molecule has 1 heterocycles. The molecule has 0 aliphatic carbocycles. The van der Waals surface area contributed by atoms with Gasteiger partial charge in [-0.15, -0.1) is 0 Å². The van der Waals surface area contributed by atoms with Crippen LogP contribution in [0.1, 0.15) is 6.92 Å². The summed E-state index contributed by atoms with van der Waals surface area (Å²) in [7, 11) is 0. The largest absolute Gasteiger partial charge is 0.476 e. The molecule has 0 spiro atoms. The van der Waals surface area contributed by atoms with E-state index >= 15 is 0 Å². The standard InChI is InChI=1S/C17H15IN2O3/c1-11(21)20-10-16(23-15-8-3-2-7-14(15)20)17(22)19-13-6-4-5-12(18)9-13/h2-9,16H,10H2,1H3,(H,19,22). The minimum absolute atomic E-state index is 0.118. The van der Waals surface area contributed by atoms with E-state index in [-0.39, 0.29) is 18.4 Å². The van der Waals surface area contributed by atoms with Crippen molar-refractivity contribution in [3.63, 3.8) is 0 Å². The van der Waals surface area contributed by atoms with Gasteiger partial charge in [-0.25, -0.2) is 0 Å². The first-order valence-corrected chi connectivity index (χ1v) is 8.22. The van der Waals surface area contributed by atoms with Crippen molar-refractivity contribution in [2.75, 3.05) is 16.8 Å². The highest BCUT2D eigenvalue weighted by atomic mass is 127. The zero-order valence-electron chi connectivity index (χ0n) is 12.5. The second kappa shape index (κ2) is 6.57. The van der Waals surface area contributed by atoms with Crippen LogP contribution in [0.2, 0.25) is 0 Å². The van der Waals surface area contributed by atoms with Gasteiger partial charge in [-0.2, -0.15) is 0 Å². The van der Waals surface area contributed by atoms with E-state index in [1.165, 1.54) is 6.92 Å². The third-order valence-corrected chi connectivity index (χ3v) is 4.21. The lowest BCUT2D eigenvalue weighted by atomic mass is 10.1. The van der Waals surface area contributed by atoms with Crippen molar-refractivity contribution in [2.45, 2.75) is 13.0 Å². The predicted octanol–water partition coefficient (Wildman–Crippen LogP) is 3.04. The zero-order valence-corrected chi connectivity index (χ0v) is 14.6. The second-order valence-electron chi connectivity index (χ2n) is 5.20. The summed E-state index contributed by atoms with van der Waals surface area (Å²) in [6, 6.07) is 14.7. The normalized spacial score (nSPS) is 16.3. The molecule has 118 valence electrons. The molecule has 2 amide bonds. The van der Waals surface area contributed by atoms with E-state index in [1.54, 1.807) is 11.0 Å². The number of rotatable bonds is 2. The lowest BCUT2D eigenvalue weighted by Gasteiger charge is -2.33. The van der Waals surface area contributed by atoms with Crippen LogP contribution in [0.25, 0.3) is 0 Å². The molecule has 6 heteroatoms. The summed E-state index contributed by atoms with van der Waals surface area (Å²) in [5.74, 6) is 0.150. The highest BCUT2D eigenvalue weighted by molar-refractivity contribution is 14.1. The van der Waals surface area contributed by atoms with E-state index in [0.717, 1.165) is 3.57 Å². The van der Waals surface area contributed by atoms with Gasteiger partial charge in [-0.1, -0.05) is 18.2 Å². The minimum atomic E-state index is -0.744. The van der Waals surface area contributed by atoms with Gasteiger partial charge in [-0.3, -0.25) is 9.59 Å². The maximum Gasteiger partial charge on any atom is 0.267 e. The Hall–Kier alpha value is -2.09. The molecule has 0 fully saturated rings. The van der Waals surface area contributed by atoms with Crippen LogP contribution in [0, 0.1) is 3.57 Å². The van der Waals surface area contributed by atoms with Gasteiger partial charge in [0.2, 0.25) is 5.91 Å². The lowest BCUT2D eigenvalue weighted by Crippen LogP contribution is -2.48. The van der Waals surface area contributed by atoms with Gasteiger partial charge in [-0.05, 0) is 52.9 Å². The van der Waals surface area contributed by atoms with Gasteiger partial charge in [0.25, 0.3) is 5.91 Å². The number of nitrogens with zero attached hydrogens (tertiary/aromatic N) is 1. The number of halogens is 1. The fourth-order valence-corrected chi connectivity index (χ4v) is 3.00. The number of benzene rings is 2. The van der Waals surface area contributed by atoms with Crippen LogP contribution in [0.5, 0.6) is 5.75 Å². The minimum Gasteiger partial charge on any atom is -0.476 e. The van der Waals surface area contributed by atoms with E-state index in [4.69, 9.17) is 4.74 Å². The predicted molar refractivity (Wildman–Crippen MR) is 96.7 cm³/mol. The maximum atomic E-state index is 12.5. The molecule has 1 N–H and O–H groups in total. The van der Waals surface area contributed by atoms with Crippen molar-refractivity contribution in [1.82, 2.24) is 0 Å². The van der Waals surface area contributed by atoms with Crippen molar-refractivity contribution < 1.29 is 14.3 Å². The van der Waals surface area contributed by atoms with Crippen LogP contribution in [0.15, 0.2) is 48.5 Å². The molecule has 3 rings (SSSR count). The second-order valence-corrected chi connectivity index (χ2v) is 6.45. The molecule has 1 aliphatic rings. The van der Waals surface area contributed by atoms with E-state index in [9.17, 15) is 9.59 Å². The first-order valence-electron chi connectivity index (χ1n) is 7.15. The Bertz CT molecular complexity index is 763. The molecule has 0 radical (unpaired) electrons. The molecular formula is C17H15IN2O3. The number of nitrogens with one attached hydrogen (secondary N) is 1. The van der Waals surface area contributed by atoms with Crippen LogP contribution in [-0.2, 0) is 9.59 Å². The summed E-state index contributed by atoms with van der Waals surface area (Å²) in [6.45, 7) is 1.68. The number of ether oxygens (including phenoxy) is 1. The number of anilines is 2. The topological polar surface area (TPSA) is 58.6 Å². The van der Waals surface area contributed by atoms with Crippen molar-refractivity contribution >= 4 is 45.8 Å². The Morgan fingerprint density at radius 3 is 2.74 bits per heavy atom. The molecule has 0 saturated heterocycles. The molecule has 2 aromatic rings. The van der Waals surface area contributed by atoms with Crippen molar-refractivity contribution in [1.29, 1.82) is 0 Å². The number of carbonyl (C=O) groups excluding carboxylic acids is 2. The monoisotopic (exact) mass is 422 g/mol. The third kappa shape index (κ3) is 3.47. The van der Waals surface area contributed by atoms with E-state index in [0.29, 0.717) is 17.1 Å². The molecule has 23 heavy (non-hydrogen) atoms. The Balaban J connectivity index is 1.81. The molecule has 0 saturated carbocycles. The van der Waals surface area contributed by atoms with Crippen LogP contribution >= 0.6 is 22.6 Å². The first kappa shape index (κ1) is 15.8. The van der Waals surface area contributed by atoms with E-state index in [1.807, 2.05) is 42.5 Å². The fourth-order valence-electron chi connectivity index (χ4n) is 2.46. The molecule has 1 aliphatic heterocycles. The number of carbonyl (C=O) groups is 2. The Labute approximate surface area is 147 Å². The highest BCUT2D eigenvalue weighted by Gasteiger charge is 2.32. The molecule has 0 aromatic heterocycles. The van der Waals surface area contributed by atoms with E-state index in [2.05, 4.69) is 27.9 Å². The van der Waals surface area contributed by atoms with Gasteiger partial charge in [0.15, 0.2) is 6.10 Å². The number of hydrogen-bond acceptors (Lipinski definition) is 3. The van der Waals surface area contributed by atoms with Gasteiger partial charge in [0.1, 0.15) is 5.75 Å². The van der Waals surface area contributed by atoms with Crippen LogP contribution < -0.4 is 15.0 Å². The Morgan fingerprint density at radius 1 is 1.22 bits per heavy atom. The van der Waals surface area contributed by atoms with Crippen LogP contribution in [0.3, 0.4) is 0 Å². The number of hydrogen-bond donors (Lipinski definition) is 1. The summed E-state index contributed by atoms with van der Waals surface area (Å²) in [6.07, 6.45) is -0.744. The highest BCUT2D eigenvalue weighted by Crippen LogP contribution is 2.33. The summed E-state index contributed by atoms with van der Waals surface area (Å²) in [5, 5.41) is 2.84. The van der Waals surface area contributed by atoms with Gasteiger partial charge >= 0.3 is 0 Å². The molecular weight excluding hydrogens is 407 g/mol. The molecule has 1 unspecified atom stereocenters. The Kier molecular flexibility index (Phi) is 4.51. The summed E-state index contributed by atoms with van der Waals surface area (Å²) < 4.78 is 6.80. The third-order valence-electron chi connectivity index (χ3n) is 3.54. The smallest absolute Gasteiger partial charge is 0.267 e. The van der Waals surface area contributed by atoms with Crippen molar-refractivity contribution in [3.8, 4) is 5.75 Å². The molecule has 5 nitrogen and oxygen atoms in total. The molecule has 0 bridgehead atoms. The maximum absolute atomic E-state index is 12.5. The fraction of sp³-hybridized carbons (Fsp3) is 0.176.